The van der Waals surface area contributed by atoms with Crippen molar-refractivity contribution in [1.29, 1.82) is 0 Å². The third-order valence-electron chi connectivity index (χ3n) is 4.00. The summed E-state index contributed by atoms with van der Waals surface area (Å²) in [5, 5.41) is 1.37. The van der Waals surface area contributed by atoms with Gasteiger partial charge in [-0.25, -0.2) is 0 Å². The number of hydrogen-bond acceptors (Lipinski definition) is 1. The zero-order valence-electron chi connectivity index (χ0n) is 8.34. The van der Waals surface area contributed by atoms with Gasteiger partial charge in [0, 0.05) is 15.6 Å². The molecular formula is C12H13Cl2N. The molecule has 3 rings (SSSR count). The minimum atomic E-state index is -0.132. The highest BCUT2D eigenvalue weighted by atomic mass is 35.5. The summed E-state index contributed by atoms with van der Waals surface area (Å²) in [5.74, 6) is 1.32. The Morgan fingerprint density at radius 3 is 2.13 bits per heavy atom. The fraction of sp³-hybridized carbons (Fsp3) is 0.500. The predicted molar refractivity (Wildman–Crippen MR) is 63.2 cm³/mol. The van der Waals surface area contributed by atoms with E-state index in [0.29, 0.717) is 21.9 Å². The van der Waals surface area contributed by atoms with Crippen LogP contribution in [0.4, 0.5) is 0 Å². The lowest BCUT2D eigenvalue weighted by Gasteiger charge is -2.16. The molecule has 2 N–H and O–H groups in total. The molecule has 1 aromatic carbocycles. The van der Waals surface area contributed by atoms with Crippen LogP contribution in [0.25, 0.3) is 0 Å². The van der Waals surface area contributed by atoms with Gasteiger partial charge in [-0.05, 0) is 48.4 Å². The van der Waals surface area contributed by atoms with Crippen LogP contribution in [0, 0.1) is 11.8 Å². The third-order valence-corrected chi connectivity index (χ3v) is 4.43. The van der Waals surface area contributed by atoms with Crippen LogP contribution in [-0.4, -0.2) is 0 Å². The summed E-state index contributed by atoms with van der Waals surface area (Å²) in [5.41, 5.74) is 7.43. The minimum Gasteiger partial charge on any atom is -0.321 e. The van der Waals surface area contributed by atoms with Gasteiger partial charge in [-0.1, -0.05) is 29.6 Å². The highest BCUT2D eigenvalue weighted by Crippen LogP contribution is 2.64. The molecule has 0 saturated heterocycles. The van der Waals surface area contributed by atoms with Crippen molar-refractivity contribution in [2.45, 2.75) is 24.8 Å². The van der Waals surface area contributed by atoms with Crippen molar-refractivity contribution < 1.29 is 0 Å². The lowest BCUT2D eigenvalue weighted by atomic mass is 9.97. The highest BCUT2D eigenvalue weighted by Gasteiger charge is 2.64. The standard InChI is InChI=1S/C12H13Cl2N/c13-8-4-7(5-9(14)6-8)12(15)10-2-1-3-11(10)12/h4-6,10-11H,1-3,15H2. The molecule has 15 heavy (non-hydrogen) atoms. The van der Waals surface area contributed by atoms with Crippen LogP contribution in [0.2, 0.25) is 10.0 Å². The Morgan fingerprint density at radius 2 is 1.60 bits per heavy atom. The Labute approximate surface area is 99.6 Å². The number of hydrogen-bond donors (Lipinski definition) is 1. The fourth-order valence-corrected chi connectivity index (χ4v) is 3.76. The van der Waals surface area contributed by atoms with E-state index in [4.69, 9.17) is 28.9 Å². The van der Waals surface area contributed by atoms with Gasteiger partial charge < -0.3 is 5.73 Å². The summed E-state index contributed by atoms with van der Waals surface area (Å²) in [6.07, 6.45) is 3.83. The molecule has 1 nitrogen and oxygen atoms in total. The van der Waals surface area contributed by atoms with E-state index < -0.39 is 0 Å². The minimum absolute atomic E-state index is 0.132. The van der Waals surface area contributed by atoms with Crippen molar-refractivity contribution in [2.75, 3.05) is 0 Å². The van der Waals surface area contributed by atoms with Crippen molar-refractivity contribution in [3.05, 3.63) is 33.8 Å². The SMILES string of the molecule is NC1(c2cc(Cl)cc(Cl)c2)C2CCCC21. The second kappa shape index (κ2) is 3.13. The molecule has 0 bridgehead atoms. The van der Waals surface area contributed by atoms with Crippen molar-refractivity contribution in [1.82, 2.24) is 0 Å². The smallest absolute Gasteiger partial charge is 0.0474 e. The van der Waals surface area contributed by atoms with Crippen molar-refractivity contribution >= 4 is 23.2 Å². The lowest BCUT2D eigenvalue weighted by molar-refractivity contribution is 0.527. The second-order valence-corrected chi connectivity index (χ2v) is 5.61. The Kier molecular flexibility index (Phi) is 2.08. The number of fused-ring (bicyclic) bond motifs is 1. The van der Waals surface area contributed by atoms with Gasteiger partial charge in [0.15, 0.2) is 0 Å². The van der Waals surface area contributed by atoms with Crippen molar-refractivity contribution in [3.8, 4) is 0 Å². The molecule has 0 spiro atoms. The highest BCUT2D eigenvalue weighted by molar-refractivity contribution is 6.34. The molecule has 1 aromatic rings. The van der Waals surface area contributed by atoms with Gasteiger partial charge in [0.1, 0.15) is 0 Å². The molecule has 2 atom stereocenters. The molecule has 2 aliphatic carbocycles. The normalized spacial score (nSPS) is 37.8. The molecule has 2 unspecified atom stereocenters. The lowest BCUT2D eigenvalue weighted by Crippen LogP contribution is -2.25. The summed E-state index contributed by atoms with van der Waals surface area (Å²) in [6.45, 7) is 0. The monoisotopic (exact) mass is 241 g/mol. The Hall–Kier alpha value is -0.240. The number of nitrogens with two attached hydrogens (primary N) is 1. The first-order chi connectivity index (χ1) is 7.12. The van der Waals surface area contributed by atoms with E-state index in [-0.39, 0.29) is 5.54 Å². The van der Waals surface area contributed by atoms with Gasteiger partial charge in [-0.15, -0.1) is 0 Å². The van der Waals surface area contributed by atoms with Crippen molar-refractivity contribution in [2.24, 2.45) is 17.6 Å². The van der Waals surface area contributed by atoms with Gasteiger partial charge in [0.25, 0.3) is 0 Å². The third kappa shape index (κ3) is 1.33. The van der Waals surface area contributed by atoms with Gasteiger partial charge >= 0.3 is 0 Å². The summed E-state index contributed by atoms with van der Waals surface area (Å²) >= 11 is 12.0. The summed E-state index contributed by atoms with van der Waals surface area (Å²) in [6, 6.07) is 5.69. The fourth-order valence-electron chi connectivity index (χ4n) is 3.23. The summed E-state index contributed by atoms with van der Waals surface area (Å²) < 4.78 is 0. The van der Waals surface area contributed by atoms with Crippen LogP contribution in [0.3, 0.4) is 0 Å². The van der Waals surface area contributed by atoms with Gasteiger partial charge in [0.05, 0.1) is 0 Å². The molecule has 0 amide bonds. The maximum atomic E-state index is 6.44. The van der Waals surface area contributed by atoms with E-state index in [9.17, 15) is 0 Å². The van der Waals surface area contributed by atoms with E-state index in [0.717, 1.165) is 5.56 Å². The number of rotatable bonds is 1. The van der Waals surface area contributed by atoms with Crippen LogP contribution in [0.15, 0.2) is 18.2 Å². The Morgan fingerprint density at radius 1 is 1.07 bits per heavy atom. The van der Waals surface area contributed by atoms with Gasteiger partial charge in [0.2, 0.25) is 0 Å². The molecule has 2 aliphatic rings. The van der Waals surface area contributed by atoms with Crippen LogP contribution < -0.4 is 5.73 Å². The number of halogens is 2. The molecule has 0 aliphatic heterocycles. The maximum Gasteiger partial charge on any atom is 0.0474 e. The van der Waals surface area contributed by atoms with Crippen LogP contribution in [-0.2, 0) is 5.54 Å². The van der Waals surface area contributed by atoms with E-state index in [1.54, 1.807) is 6.07 Å². The van der Waals surface area contributed by atoms with Crippen LogP contribution in [0.1, 0.15) is 24.8 Å². The largest absolute Gasteiger partial charge is 0.321 e. The van der Waals surface area contributed by atoms with E-state index in [1.807, 2.05) is 12.1 Å². The zero-order chi connectivity index (χ0) is 10.6. The predicted octanol–water partition coefficient (Wildman–Crippen LogP) is 3.58. The first kappa shape index (κ1) is 9.95. The first-order valence-corrected chi connectivity index (χ1v) is 6.13. The van der Waals surface area contributed by atoms with Crippen LogP contribution in [0.5, 0.6) is 0 Å². The number of benzene rings is 1. The molecule has 3 heteroatoms. The summed E-state index contributed by atoms with van der Waals surface area (Å²) in [7, 11) is 0. The molecule has 0 radical (unpaired) electrons. The quantitative estimate of drug-likeness (QED) is 0.800. The van der Waals surface area contributed by atoms with E-state index >= 15 is 0 Å². The molecule has 2 saturated carbocycles. The molecular weight excluding hydrogens is 229 g/mol. The van der Waals surface area contributed by atoms with E-state index in [2.05, 4.69) is 0 Å². The summed E-state index contributed by atoms with van der Waals surface area (Å²) in [4.78, 5) is 0. The maximum absolute atomic E-state index is 6.44. The first-order valence-electron chi connectivity index (χ1n) is 5.38. The molecule has 0 aromatic heterocycles. The van der Waals surface area contributed by atoms with Gasteiger partial charge in [-0.2, -0.15) is 0 Å². The van der Waals surface area contributed by atoms with Crippen LogP contribution >= 0.6 is 23.2 Å². The average Bonchev–Trinajstić information content (AvgIpc) is 2.61. The molecule has 0 heterocycles. The zero-order valence-corrected chi connectivity index (χ0v) is 9.85. The van der Waals surface area contributed by atoms with Gasteiger partial charge in [-0.3, -0.25) is 0 Å². The topological polar surface area (TPSA) is 26.0 Å². The van der Waals surface area contributed by atoms with E-state index in [1.165, 1.54) is 19.3 Å². The molecule has 2 fully saturated rings. The molecule has 80 valence electrons. The Balaban J connectivity index is 2.00. The van der Waals surface area contributed by atoms with Crippen molar-refractivity contribution in [3.63, 3.8) is 0 Å². The second-order valence-electron chi connectivity index (χ2n) is 4.74. The average molecular weight is 242 g/mol. The Bertz CT molecular complexity index is 386.